The van der Waals surface area contributed by atoms with Crippen molar-refractivity contribution in [3.8, 4) is 28.7 Å². The second-order valence-electron chi connectivity index (χ2n) is 17.2. The third kappa shape index (κ3) is 8.33. The lowest BCUT2D eigenvalue weighted by atomic mass is 9.48. The summed E-state index contributed by atoms with van der Waals surface area (Å²) in [7, 11) is 0. The maximum atomic E-state index is 10.2. The van der Waals surface area contributed by atoms with Gasteiger partial charge in [-0.3, -0.25) is 0 Å². The van der Waals surface area contributed by atoms with E-state index in [4.69, 9.17) is 0 Å². The van der Waals surface area contributed by atoms with Gasteiger partial charge in [0.25, 0.3) is 0 Å². The maximum absolute atomic E-state index is 10.2. The van der Waals surface area contributed by atoms with Crippen LogP contribution in [0, 0.1) is 24.7 Å². The molecule has 0 saturated heterocycles. The highest BCUT2D eigenvalue weighted by Crippen LogP contribution is 2.61. The number of aryl methyl sites for hydroxylation is 2. The smallest absolute Gasteiger partial charge is 0.121 e. The Labute approximate surface area is 347 Å². The highest BCUT2D eigenvalue weighted by Gasteiger charge is 2.52. The van der Waals surface area contributed by atoms with Crippen LogP contribution < -0.4 is 0 Å². The summed E-state index contributed by atoms with van der Waals surface area (Å²) in [5.41, 5.74) is 8.26. The van der Waals surface area contributed by atoms with Gasteiger partial charge in [-0.1, -0.05) is 95.3 Å². The molecule has 0 amide bonds. The summed E-state index contributed by atoms with van der Waals surface area (Å²) in [6, 6.07) is 34.5. The molecule has 0 unspecified atom stereocenters. The van der Waals surface area contributed by atoms with E-state index in [0.717, 1.165) is 83.2 Å². The quantitative estimate of drug-likeness (QED) is 0.118. The largest absolute Gasteiger partial charge is 0.508 e. The summed E-state index contributed by atoms with van der Waals surface area (Å²) in [5.74, 6) is 4.44. The van der Waals surface area contributed by atoms with Gasteiger partial charge >= 0.3 is 0 Å². The van der Waals surface area contributed by atoms with Crippen molar-refractivity contribution in [1.29, 1.82) is 0 Å². The van der Waals surface area contributed by atoms with Crippen LogP contribution in [-0.4, -0.2) is 25.5 Å². The zero-order valence-electron chi connectivity index (χ0n) is 35.6. The van der Waals surface area contributed by atoms with E-state index in [1.807, 2.05) is 76.2 Å². The molecule has 5 nitrogen and oxygen atoms in total. The Balaban J connectivity index is 0.000000200. The van der Waals surface area contributed by atoms with Crippen LogP contribution >= 0.6 is 0 Å². The SMILES string of the molecule is CC.CC.CCc1cc(C23CC4CC(CC(C4)C2)C3)cc(C)c1O.Oc1ccc(C2(c3ccc(O)cc3)CCC(c3ccc(O)cc3)(c3ccc(O)cc3)CC2)cc1. The van der Waals surface area contributed by atoms with Crippen molar-refractivity contribution >= 4 is 0 Å². The van der Waals surface area contributed by atoms with Gasteiger partial charge in [0.1, 0.15) is 28.7 Å². The molecular weight excluding hydrogens is 717 g/mol. The molecule has 58 heavy (non-hydrogen) atoms. The molecule has 5 heteroatoms. The number of benzene rings is 5. The average molecular weight is 783 g/mol. The topological polar surface area (TPSA) is 101 Å². The fourth-order valence-corrected chi connectivity index (χ4v) is 11.6. The monoisotopic (exact) mass is 782 g/mol. The molecule has 0 heterocycles. The summed E-state index contributed by atoms with van der Waals surface area (Å²) in [6.07, 6.45) is 13.1. The summed E-state index contributed by atoms with van der Waals surface area (Å²) in [5, 5.41) is 49.8. The van der Waals surface area contributed by atoms with Gasteiger partial charge in [-0.15, -0.1) is 0 Å². The molecule has 0 spiro atoms. The minimum absolute atomic E-state index is 0.239. The van der Waals surface area contributed by atoms with E-state index in [2.05, 4.69) is 26.0 Å². The fraction of sp³-hybridized carbons (Fsp3) is 0.434. The van der Waals surface area contributed by atoms with Crippen molar-refractivity contribution in [2.24, 2.45) is 17.8 Å². The summed E-state index contributed by atoms with van der Waals surface area (Å²) in [6.45, 7) is 12.2. The highest BCUT2D eigenvalue weighted by atomic mass is 16.3. The van der Waals surface area contributed by atoms with Crippen LogP contribution in [0.3, 0.4) is 0 Å². The zero-order valence-corrected chi connectivity index (χ0v) is 35.6. The van der Waals surface area contributed by atoms with Crippen LogP contribution in [0.5, 0.6) is 28.7 Å². The van der Waals surface area contributed by atoms with E-state index in [1.54, 1.807) is 54.1 Å². The van der Waals surface area contributed by atoms with Gasteiger partial charge < -0.3 is 25.5 Å². The number of rotatable bonds is 6. The fourth-order valence-electron chi connectivity index (χ4n) is 11.6. The molecule has 5 fully saturated rings. The minimum Gasteiger partial charge on any atom is -0.508 e. The lowest BCUT2D eigenvalue weighted by molar-refractivity contribution is -0.00526. The van der Waals surface area contributed by atoms with Gasteiger partial charge in [-0.25, -0.2) is 0 Å². The second-order valence-corrected chi connectivity index (χ2v) is 17.2. The van der Waals surface area contributed by atoms with Crippen molar-refractivity contribution in [1.82, 2.24) is 0 Å². The normalized spacial score (nSPS) is 23.2. The van der Waals surface area contributed by atoms with Crippen molar-refractivity contribution < 1.29 is 25.5 Å². The number of phenols is 5. The number of hydrogen-bond acceptors (Lipinski definition) is 5. The Hall–Kier alpha value is -4.90. The van der Waals surface area contributed by atoms with Crippen molar-refractivity contribution in [3.05, 3.63) is 148 Å². The van der Waals surface area contributed by atoms with Gasteiger partial charge in [0.05, 0.1) is 0 Å². The predicted octanol–water partition coefficient (Wildman–Crippen LogP) is 13.1. The summed E-state index contributed by atoms with van der Waals surface area (Å²) in [4.78, 5) is 0. The number of phenolic OH excluding ortho intramolecular Hbond substituents is 5. The molecule has 0 radical (unpaired) electrons. The van der Waals surface area contributed by atoms with Crippen LogP contribution in [0.2, 0.25) is 0 Å². The number of hydrogen-bond donors (Lipinski definition) is 5. The molecule has 5 aliphatic carbocycles. The van der Waals surface area contributed by atoms with Gasteiger partial charge in [-0.05, 0) is 188 Å². The van der Waals surface area contributed by atoms with Gasteiger partial charge in [-0.2, -0.15) is 0 Å². The molecule has 5 N–H and O–H groups in total. The Morgan fingerprint density at radius 1 is 0.448 bits per heavy atom. The standard InChI is InChI=1S/C30H28O4.C19H26O.2C2H6/c31-25-9-1-21(2-10-25)29(22-3-11-26(32)12-4-22)17-19-30(20-18-29,23-5-13-27(33)14-6-23)24-7-15-28(34)16-8-24;1-3-16-8-17(4-12(2)18(16)20)19-9-13-5-14(10-19)7-15(6-13)11-19;2*1-2/h1-16,31-34H,17-20H2;4,8,13-15,20H,3,5-7,9-11H2,1-2H3;2*1-2H3. The van der Waals surface area contributed by atoms with E-state index >= 15 is 0 Å². The first-order valence-electron chi connectivity index (χ1n) is 22.0. The third-order valence-corrected chi connectivity index (χ3v) is 14.0. The molecule has 5 aliphatic rings. The first-order valence-corrected chi connectivity index (χ1v) is 22.0. The third-order valence-electron chi connectivity index (χ3n) is 14.0. The Kier molecular flexibility index (Phi) is 13.2. The van der Waals surface area contributed by atoms with Gasteiger partial charge in [0.2, 0.25) is 0 Å². The maximum Gasteiger partial charge on any atom is 0.121 e. The zero-order chi connectivity index (χ0) is 41.7. The van der Waals surface area contributed by atoms with E-state index in [-0.39, 0.29) is 33.8 Å². The molecule has 0 aromatic heterocycles. The first kappa shape index (κ1) is 42.7. The lowest BCUT2D eigenvalue weighted by Crippen LogP contribution is -2.48. The molecular formula is C53H66O5. The van der Waals surface area contributed by atoms with Crippen molar-refractivity contribution in [2.75, 3.05) is 0 Å². The molecule has 0 atom stereocenters. The van der Waals surface area contributed by atoms with Crippen LogP contribution in [0.4, 0.5) is 0 Å². The minimum atomic E-state index is -0.265. The van der Waals surface area contributed by atoms with E-state index in [9.17, 15) is 25.5 Å². The predicted molar refractivity (Wildman–Crippen MR) is 237 cm³/mol. The molecule has 0 aliphatic heterocycles. The summed E-state index contributed by atoms with van der Waals surface area (Å²) >= 11 is 0. The molecule has 4 bridgehead atoms. The Morgan fingerprint density at radius 3 is 1.02 bits per heavy atom. The van der Waals surface area contributed by atoms with Gasteiger partial charge in [0, 0.05) is 10.8 Å². The van der Waals surface area contributed by atoms with E-state index in [0.29, 0.717) is 11.2 Å². The van der Waals surface area contributed by atoms with Crippen LogP contribution in [0.1, 0.15) is 138 Å². The van der Waals surface area contributed by atoms with Crippen LogP contribution in [-0.2, 0) is 22.7 Å². The Bertz CT molecular complexity index is 1840. The van der Waals surface area contributed by atoms with E-state index < -0.39 is 0 Å². The average Bonchev–Trinajstić information content (AvgIpc) is 3.24. The highest BCUT2D eigenvalue weighted by molar-refractivity contribution is 5.49. The van der Waals surface area contributed by atoms with Crippen LogP contribution in [0.25, 0.3) is 0 Å². The second kappa shape index (κ2) is 17.9. The molecule has 5 saturated carbocycles. The lowest BCUT2D eigenvalue weighted by Gasteiger charge is -2.57. The molecule has 308 valence electrons. The van der Waals surface area contributed by atoms with E-state index in [1.165, 1.54) is 38.5 Å². The van der Waals surface area contributed by atoms with Gasteiger partial charge in [0.15, 0.2) is 0 Å². The van der Waals surface area contributed by atoms with Crippen molar-refractivity contribution in [3.63, 3.8) is 0 Å². The molecule has 5 aromatic rings. The summed E-state index contributed by atoms with van der Waals surface area (Å²) < 4.78 is 0. The number of aromatic hydroxyl groups is 5. The van der Waals surface area contributed by atoms with Crippen LogP contribution in [0.15, 0.2) is 109 Å². The molecule has 10 rings (SSSR count). The first-order chi connectivity index (χ1) is 28.0. The van der Waals surface area contributed by atoms with Crippen molar-refractivity contribution in [2.45, 2.75) is 128 Å². The molecule has 5 aromatic carbocycles. The Morgan fingerprint density at radius 2 is 0.741 bits per heavy atom.